The van der Waals surface area contributed by atoms with E-state index < -0.39 is 0 Å². The highest BCUT2D eigenvalue weighted by molar-refractivity contribution is 5.76. The van der Waals surface area contributed by atoms with Crippen LogP contribution in [0.4, 0.5) is 0 Å². The molecule has 1 aliphatic heterocycles. The number of imidazole rings is 1. The van der Waals surface area contributed by atoms with E-state index in [0.717, 1.165) is 18.5 Å². The summed E-state index contributed by atoms with van der Waals surface area (Å²) in [7, 11) is 0. The summed E-state index contributed by atoms with van der Waals surface area (Å²) in [5.74, 6) is -0.285. The molecule has 1 aliphatic rings. The van der Waals surface area contributed by atoms with Gasteiger partial charge >= 0.3 is 0 Å². The minimum Gasteiger partial charge on any atom is -0.369 e. The molecule has 1 fully saturated rings. The Hall–Kier alpha value is -1.87. The molecule has 0 aliphatic carbocycles. The van der Waals surface area contributed by atoms with Gasteiger partial charge in [0.25, 0.3) is 0 Å². The number of aromatic amines is 1. The molecule has 0 radical (unpaired) electrons. The largest absolute Gasteiger partial charge is 0.369 e. The van der Waals surface area contributed by atoms with Crippen LogP contribution in [0.2, 0.25) is 0 Å². The van der Waals surface area contributed by atoms with E-state index in [0.29, 0.717) is 13.1 Å². The summed E-state index contributed by atoms with van der Waals surface area (Å²) in [6.45, 7) is 1.43. The van der Waals surface area contributed by atoms with Crippen molar-refractivity contribution in [2.45, 2.75) is 18.9 Å². The quantitative estimate of drug-likeness (QED) is 0.777. The summed E-state index contributed by atoms with van der Waals surface area (Å²) in [5.41, 5.74) is 6.07. The molecule has 2 heterocycles. The SMILES string of the molecule is N#CC(c1cnc[nH]1)N1CCC(C(N)=O)CC1. The molecule has 1 aromatic rings. The lowest BCUT2D eigenvalue weighted by Gasteiger charge is -2.32. The van der Waals surface area contributed by atoms with Crippen LogP contribution in [0.3, 0.4) is 0 Å². The van der Waals surface area contributed by atoms with Gasteiger partial charge in [-0.3, -0.25) is 9.69 Å². The fourth-order valence-electron chi connectivity index (χ4n) is 2.21. The Balaban J connectivity index is 2.00. The van der Waals surface area contributed by atoms with E-state index in [1.165, 1.54) is 0 Å². The first-order valence-corrected chi connectivity index (χ1v) is 5.63. The van der Waals surface area contributed by atoms with Crippen molar-refractivity contribution in [2.75, 3.05) is 13.1 Å². The van der Waals surface area contributed by atoms with Gasteiger partial charge < -0.3 is 10.7 Å². The molecule has 1 amide bonds. The van der Waals surface area contributed by atoms with Gasteiger partial charge in [-0.05, 0) is 12.8 Å². The number of amides is 1. The number of primary amides is 1. The van der Waals surface area contributed by atoms with Gasteiger partial charge in [-0.15, -0.1) is 0 Å². The van der Waals surface area contributed by atoms with Gasteiger partial charge in [-0.1, -0.05) is 0 Å². The van der Waals surface area contributed by atoms with E-state index in [9.17, 15) is 10.1 Å². The van der Waals surface area contributed by atoms with Crippen LogP contribution in [0.15, 0.2) is 12.5 Å². The van der Waals surface area contributed by atoms with Gasteiger partial charge in [0.15, 0.2) is 0 Å². The number of hydrogen-bond acceptors (Lipinski definition) is 4. The smallest absolute Gasteiger partial charge is 0.220 e. The minimum atomic E-state index is -0.314. The van der Waals surface area contributed by atoms with E-state index in [2.05, 4.69) is 16.0 Å². The van der Waals surface area contributed by atoms with Crippen molar-refractivity contribution in [3.05, 3.63) is 18.2 Å². The number of likely N-dealkylation sites (tertiary alicyclic amines) is 1. The van der Waals surface area contributed by atoms with Crippen LogP contribution in [0, 0.1) is 17.2 Å². The van der Waals surface area contributed by atoms with E-state index in [1.54, 1.807) is 12.5 Å². The molecule has 0 spiro atoms. The number of nitriles is 1. The average molecular weight is 233 g/mol. The molecule has 90 valence electrons. The predicted molar refractivity (Wildman–Crippen MR) is 60.4 cm³/mol. The minimum absolute atomic E-state index is 0.0487. The molecule has 1 saturated heterocycles. The molecule has 3 N–H and O–H groups in total. The normalized spacial score (nSPS) is 19.7. The molecule has 17 heavy (non-hydrogen) atoms. The van der Waals surface area contributed by atoms with Gasteiger partial charge in [0.1, 0.15) is 6.04 Å². The highest BCUT2D eigenvalue weighted by atomic mass is 16.1. The molecule has 0 saturated carbocycles. The zero-order valence-corrected chi connectivity index (χ0v) is 9.47. The lowest BCUT2D eigenvalue weighted by Crippen LogP contribution is -2.40. The molecule has 0 bridgehead atoms. The van der Waals surface area contributed by atoms with Crippen molar-refractivity contribution in [3.63, 3.8) is 0 Å². The van der Waals surface area contributed by atoms with Crippen LogP contribution < -0.4 is 5.73 Å². The molecular weight excluding hydrogens is 218 g/mol. The zero-order valence-electron chi connectivity index (χ0n) is 9.47. The molecule has 1 unspecified atom stereocenters. The number of hydrogen-bond donors (Lipinski definition) is 2. The number of nitrogens with two attached hydrogens (primary N) is 1. The number of piperidine rings is 1. The number of carbonyl (C=O) groups is 1. The van der Waals surface area contributed by atoms with E-state index in [1.807, 2.05) is 4.90 Å². The number of carbonyl (C=O) groups excluding carboxylic acids is 1. The standard InChI is InChI=1S/C11H15N5O/c12-5-10(9-6-14-7-15-9)16-3-1-8(2-4-16)11(13)17/h6-8,10H,1-4H2,(H2,13,17)(H,14,15). The Morgan fingerprint density at radius 1 is 1.65 bits per heavy atom. The molecule has 6 nitrogen and oxygen atoms in total. The number of aromatic nitrogens is 2. The average Bonchev–Trinajstić information content (AvgIpc) is 2.84. The third-order valence-corrected chi connectivity index (χ3v) is 3.23. The molecule has 1 aromatic heterocycles. The van der Waals surface area contributed by atoms with Crippen LogP contribution in [-0.4, -0.2) is 33.9 Å². The molecule has 6 heteroatoms. The van der Waals surface area contributed by atoms with Gasteiger partial charge in [0.2, 0.25) is 5.91 Å². The van der Waals surface area contributed by atoms with Crippen LogP contribution in [0.25, 0.3) is 0 Å². The summed E-state index contributed by atoms with van der Waals surface area (Å²) < 4.78 is 0. The second kappa shape index (κ2) is 4.97. The Kier molecular flexibility index (Phi) is 3.40. The second-order valence-electron chi connectivity index (χ2n) is 4.25. The molecule has 1 atom stereocenters. The lowest BCUT2D eigenvalue weighted by atomic mass is 9.95. The van der Waals surface area contributed by atoms with Crippen LogP contribution in [-0.2, 0) is 4.79 Å². The second-order valence-corrected chi connectivity index (χ2v) is 4.25. The van der Waals surface area contributed by atoms with Gasteiger partial charge in [0.05, 0.1) is 24.3 Å². The predicted octanol–water partition coefficient (Wildman–Crippen LogP) is 0.172. The number of H-pyrrole nitrogens is 1. The van der Waals surface area contributed by atoms with Crippen molar-refractivity contribution in [3.8, 4) is 6.07 Å². The van der Waals surface area contributed by atoms with Gasteiger partial charge in [-0.25, -0.2) is 4.98 Å². The maximum Gasteiger partial charge on any atom is 0.220 e. The van der Waals surface area contributed by atoms with Crippen molar-refractivity contribution >= 4 is 5.91 Å². The first-order chi connectivity index (χ1) is 8.22. The topological polar surface area (TPSA) is 98.8 Å². The van der Waals surface area contributed by atoms with Crippen molar-refractivity contribution in [2.24, 2.45) is 11.7 Å². The van der Waals surface area contributed by atoms with Crippen LogP contribution in [0.1, 0.15) is 24.6 Å². The highest BCUT2D eigenvalue weighted by Gasteiger charge is 2.28. The summed E-state index contributed by atoms with van der Waals surface area (Å²) in [5, 5.41) is 9.19. The lowest BCUT2D eigenvalue weighted by molar-refractivity contribution is -0.123. The van der Waals surface area contributed by atoms with Crippen molar-refractivity contribution < 1.29 is 4.79 Å². The van der Waals surface area contributed by atoms with Crippen LogP contribution >= 0.6 is 0 Å². The summed E-state index contributed by atoms with van der Waals surface area (Å²) in [6.07, 6.45) is 4.67. The highest BCUT2D eigenvalue weighted by Crippen LogP contribution is 2.24. The Morgan fingerprint density at radius 3 is 2.82 bits per heavy atom. The van der Waals surface area contributed by atoms with Gasteiger partial charge in [0, 0.05) is 19.0 Å². The summed E-state index contributed by atoms with van der Waals surface area (Å²) in [6, 6.07) is 1.94. The van der Waals surface area contributed by atoms with Gasteiger partial charge in [-0.2, -0.15) is 5.26 Å². The fourth-order valence-corrected chi connectivity index (χ4v) is 2.21. The Labute approximate surface area is 99.4 Å². The monoisotopic (exact) mass is 233 g/mol. The third kappa shape index (κ3) is 2.45. The number of nitrogens with zero attached hydrogens (tertiary/aromatic N) is 3. The number of nitrogens with one attached hydrogen (secondary N) is 1. The third-order valence-electron chi connectivity index (χ3n) is 3.23. The van der Waals surface area contributed by atoms with Crippen LogP contribution in [0.5, 0.6) is 0 Å². The summed E-state index contributed by atoms with van der Waals surface area (Å²) >= 11 is 0. The van der Waals surface area contributed by atoms with E-state index in [-0.39, 0.29) is 17.9 Å². The maximum atomic E-state index is 11.1. The maximum absolute atomic E-state index is 11.1. The fraction of sp³-hybridized carbons (Fsp3) is 0.545. The number of rotatable bonds is 3. The first kappa shape index (κ1) is 11.6. The van der Waals surface area contributed by atoms with E-state index in [4.69, 9.17) is 5.73 Å². The Morgan fingerprint density at radius 2 is 2.35 bits per heavy atom. The summed E-state index contributed by atoms with van der Waals surface area (Å²) in [4.78, 5) is 20.0. The first-order valence-electron chi connectivity index (χ1n) is 5.63. The van der Waals surface area contributed by atoms with Crippen molar-refractivity contribution in [1.82, 2.24) is 14.9 Å². The molecule has 2 rings (SSSR count). The van der Waals surface area contributed by atoms with E-state index >= 15 is 0 Å². The zero-order chi connectivity index (χ0) is 12.3. The van der Waals surface area contributed by atoms with Crippen molar-refractivity contribution in [1.29, 1.82) is 5.26 Å². The molecule has 0 aromatic carbocycles. The molecular formula is C11H15N5O. The Bertz CT molecular complexity index is 414.